The van der Waals surface area contributed by atoms with E-state index in [1.54, 1.807) is 12.1 Å². The van der Waals surface area contributed by atoms with Gasteiger partial charge in [0.05, 0.1) is 12.7 Å². The first-order valence-corrected chi connectivity index (χ1v) is 5.18. The number of carbonyl (C=O) groups excluding carboxylic acids is 1. The molecule has 0 aliphatic heterocycles. The Balaban J connectivity index is 3.17. The summed E-state index contributed by atoms with van der Waals surface area (Å²) >= 11 is 5.48. The molecule has 0 radical (unpaired) electrons. The fourth-order valence-corrected chi connectivity index (χ4v) is 1.28. The van der Waals surface area contributed by atoms with E-state index < -0.39 is 0 Å². The number of phenols is 1. The molecule has 0 atom stereocenters. The Morgan fingerprint density at radius 3 is 2.88 bits per heavy atom. The van der Waals surface area contributed by atoms with Gasteiger partial charge in [-0.2, -0.15) is 0 Å². The fraction of sp³-hybridized carbons (Fsp3) is 0.250. The molecular weight excluding hydrogens is 228 g/mol. The third-order valence-electron chi connectivity index (χ3n) is 1.96. The summed E-state index contributed by atoms with van der Waals surface area (Å²) in [5.41, 5.74) is 0.611. The van der Waals surface area contributed by atoms with Gasteiger partial charge in [-0.05, 0) is 12.1 Å². The largest absolute Gasteiger partial charge is 0.504 e. The summed E-state index contributed by atoms with van der Waals surface area (Å²) in [6.07, 6.45) is 1.09. The molecule has 84 valence electrons. The fourth-order valence-electron chi connectivity index (χ4n) is 1.19. The topological polar surface area (TPSA) is 46.5 Å². The first-order chi connectivity index (χ1) is 7.74. The molecule has 0 aromatic heterocycles. The van der Waals surface area contributed by atoms with Gasteiger partial charge in [0.2, 0.25) is 0 Å². The Bertz CT molecular complexity index is 444. The smallest absolute Gasteiger partial charge is 0.169 e. The zero-order valence-electron chi connectivity index (χ0n) is 8.79. The van der Waals surface area contributed by atoms with Crippen LogP contribution in [-0.4, -0.2) is 24.4 Å². The number of benzene rings is 1. The minimum atomic E-state index is -0.185. The summed E-state index contributed by atoms with van der Waals surface area (Å²) in [6.45, 7) is 0. The second-order valence-corrected chi connectivity index (χ2v) is 3.31. The number of rotatable bonds is 3. The van der Waals surface area contributed by atoms with Crippen molar-refractivity contribution >= 4 is 17.9 Å². The summed E-state index contributed by atoms with van der Waals surface area (Å²) in [6, 6.07) is 3.19. The van der Waals surface area contributed by atoms with Gasteiger partial charge in [-0.25, -0.2) is 0 Å². The summed E-state index contributed by atoms with van der Waals surface area (Å²) in [7, 11) is 1.42. The number of ether oxygens (including phenoxy) is 1. The number of aldehydes is 1. The van der Waals surface area contributed by atoms with Gasteiger partial charge in [-0.15, -0.1) is 11.6 Å². The van der Waals surface area contributed by atoms with Gasteiger partial charge >= 0.3 is 0 Å². The second kappa shape index (κ2) is 6.04. The van der Waals surface area contributed by atoms with E-state index in [1.165, 1.54) is 7.11 Å². The van der Waals surface area contributed by atoms with Crippen LogP contribution in [0.1, 0.15) is 22.3 Å². The van der Waals surface area contributed by atoms with Crippen molar-refractivity contribution in [2.45, 2.75) is 6.42 Å². The third-order valence-corrected chi connectivity index (χ3v) is 2.15. The Kier molecular flexibility index (Phi) is 4.68. The van der Waals surface area contributed by atoms with Crippen molar-refractivity contribution in [3.05, 3.63) is 23.3 Å². The van der Waals surface area contributed by atoms with Crippen LogP contribution in [0.5, 0.6) is 11.5 Å². The molecule has 0 heterocycles. The highest BCUT2D eigenvalue weighted by atomic mass is 35.5. The summed E-state index contributed by atoms with van der Waals surface area (Å²) in [5.74, 6) is 6.08. The maximum atomic E-state index is 10.8. The molecule has 0 saturated heterocycles. The SMILES string of the molecule is COc1ccc(C#CCCCl)c(C=O)c1O. The molecule has 1 rings (SSSR count). The molecule has 0 unspecified atom stereocenters. The first-order valence-electron chi connectivity index (χ1n) is 4.64. The van der Waals surface area contributed by atoms with E-state index in [0.29, 0.717) is 24.2 Å². The Morgan fingerprint density at radius 2 is 2.31 bits per heavy atom. The average molecular weight is 239 g/mol. The number of carbonyl (C=O) groups is 1. The first kappa shape index (κ1) is 12.4. The monoisotopic (exact) mass is 238 g/mol. The average Bonchev–Trinajstić information content (AvgIpc) is 2.30. The Hall–Kier alpha value is -1.66. The molecule has 4 heteroatoms. The second-order valence-electron chi connectivity index (χ2n) is 2.94. The summed E-state index contributed by atoms with van der Waals surface area (Å²) in [4.78, 5) is 10.8. The minimum absolute atomic E-state index is 0.140. The van der Waals surface area contributed by atoms with E-state index in [2.05, 4.69) is 11.8 Å². The quantitative estimate of drug-likeness (QED) is 0.499. The van der Waals surface area contributed by atoms with Gasteiger partial charge in [-0.1, -0.05) is 11.8 Å². The van der Waals surface area contributed by atoms with Crippen molar-refractivity contribution in [3.63, 3.8) is 0 Å². The molecule has 1 N–H and O–H groups in total. The summed E-state index contributed by atoms with van der Waals surface area (Å²) < 4.78 is 4.89. The van der Waals surface area contributed by atoms with E-state index in [1.807, 2.05) is 0 Å². The van der Waals surface area contributed by atoms with Crippen LogP contribution in [0.4, 0.5) is 0 Å². The van der Waals surface area contributed by atoms with Gasteiger partial charge in [0.15, 0.2) is 17.8 Å². The van der Waals surface area contributed by atoms with Gasteiger partial charge < -0.3 is 9.84 Å². The van der Waals surface area contributed by atoms with Crippen LogP contribution in [0.25, 0.3) is 0 Å². The van der Waals surface area contributed by atoms with Crippen LogP contribution in [0.2, 0.25) is 0 Å². The van der Waals surface area contributed by atoms with E-state index in [9.17, 15) is 9.90 Å². The lowest BCUT2D eigenvalue weighted by atomic mass is 10.1. The molecule has 0 fully saturated rings. The molecule has 1 aromatic carbocycles. The molecule has 1 aromatic rings. The lowest BCUT2D eigenvalue weighted by Crippen LogP contribution is -1.92. The van der Waals surface area contributed by atoms with Crippen LogP contribution in [0, 0.1) is 11.8 Å². The number of methoxy groups -OCH3 is 1. The van der Waals surface area contributed by atoms with Gasteiger partial charge in [-0.3, -0.25) is 4.79 Å². The van der Waals surface area contributed by atoms with Crippen molar-refractivity contribution < 1.29 is 14.6 Å². The molecule has 0 amide bonds. The molecular formula is C12H11ClO3. The number of hydrogen-bond acceptors (Lipinski definition) is 3. The van der Waals surface area contributed by atoms with Crippen LogP contribution in [0.15, 0.2) is 12.1 Å². The van der Waals surface area contributed by atoms with Crippen LogP contribution < -0.4 is 4.74 Å². The maximum Gasteiger partial charge on any atom is 0.169 e. The maximum absolute atomic E-state index is 10.8. The number of aromatic hydroxyl groups is 1. The highest BCUT2D eigenvalue weighted by molar-refractivity contribution is 6.18. The van der Waals surface area contributed by atoms with Crippen molar-refractivity contribution in [2.24, 2.45) is 0 Å². The zero-order chi connectivity index (χ0) is 12.0. The molecule has 16 heavy (non-hydrogen) atoms. The van der Waals surface area contributed by atoms with E-state index in [4.69, 9.17) is 16.3 Å². The number of phenolic OH excluding ortho intramolecular Hbond substituents is 1. The number of halogens is 1. The highest BCUT2D eigenvalue weighted by Crippen LogP contribution is 2.30. The minimum Gasteiger partial charge on any atom is -0.504 e. The van der Waals surface area contributed by atoms with Crippen LogP contribution in [-0.2, 0) is 0 Å². The van der Waals surface area contributed by atoms with Crippen LogP contribution in [0.3, 0.4) is 0 Å². The molecule has 0 spiro atoms. The van der Waals surface area contributed by atoms with Crippen molar-refractivity contribution in [2.75, 3.05) is 13.0 Å². The molecule has 3 nitrogen and oxygen atoms in total. The number of alkyl halides is 1. The molecule has 0 bridgehead atoms. The van der Waals surface area contributed by atoms with Crippen molar-refractivity contribution in [3.8, 4) is 23.3 Å². The van der Waals surface area contributed by atoms with Gasteiger partial charge in [0, 0.05) is 17.9 Å². The van der Waals surface area contributed by atoms with Gasteiger partial charge in [0.25, 0.3) is 0 Å². The Labute approximate surface area is 99.0 Å². The molecule has 0 aliphatic carbocycles. The molecule has 0 aliphatic rings. The molecule has 0 saturated carbocycles. The standard InChI is InChI=1S/C12H11ClO3/c1-16-11-6-5-9(4-2-3-7-13)10(8-14)12(11)15/h5-6,8,15H,3,7H2,1H3. The predicted octanol–water partition coefficient (Wildman–Crippen LogP) is 2.19. The van der Waals surface area contributed by atoms with E-state index >= 15 is 0 Å². The van der Waals surface area contributed by atoms with Gasteiger partial charge in [0.1, 0.15) is 0 Å². The number of hydrogen-bond donors (Lipinski definition) is 1. The normalized spacial score (nSPS) is 9.12. The predicted molar refractivity (Wildman–Crippen MR) is 62.3 cm³/mol. The third kappa shape index (κ3) is 2.68. The summed E-state index contributed by atoms with van der Waals surface area (Å²) in [5, 5.41) is 9.68. The zero-order valence-corrected chi connectivity index (χ0v) is 9.54. The van der Waals surface area contributed by atoms with Crippen LogP contribution >= 0.6 is 11.6 Å². The van der Waals surface area contributed by atoms with E-state index in [-0.39, 0.29) is 17.1 Å². The highest BCUT2D eigenvalue weighted by Gasteiger charge is 2.10. The lowest BCUT2D eigenvalue weighted by Gasteiger charge is -2.06. The van der Waals surface area contributed by atoms with Crippen molar-refractivity contribution in [1.82, 2.24) is 0 Å². The van der Waals surface area contributed by atoms with E-state index in [0.717, 1.165) is 0 Å². The Morgan fingerprint density at radius 1 is 1.56 bits per heavy atom. The van der Waals surface area contributed by atoms with Crippen molar-refractivity contribution in [1.29, 1.82) is 0 Å². The lowest BCUT2D eigenvalue weighted by molar-refractivity contribution is 0.112.